The van der Waals surface area contributed by atoms with Crippen LogP contribution in [0, 0.1) is 0 Å². The van der Waals surface area contributed by atoms with E-state index in [0.717, 1.165) is 21.4 Å². The maximum atomic E-state index is 12.4. The van der Waals surface area contributed by atoms with E-state index in [2.05, 4.69) is 11.4 Å². The molecular formula is C19H18N2OS. The monoisotopic (exact) mass is 322 g/mol. The molecule has 1 unspecified atom stereocenters. The zero-order chi connectivity index (χ0) is 16.2. The molecule has 0 bridgehead atoms. The third kappa shape index (κ3) is 3.85. The van der Waals surface area contributed by atoms with Crippen LogP contribution in [-0.2, 0) is 4.79 Å². The van der Waals surface area contributed by atoms with Gasteiger partial charge >= 0.3 is 0 Å². The molecule has 0 spiro atoms. The van der Waals surface area contributed by atoms with Gasteiger partial charge in [-0.05, 0) is 48.0 Å². The Morgan fingerprint density at radius 3 is 2.57 bits per heavy atom. The Morgan fingerprint density at radius 1 is 1.00 bits per heavy atom. The number of hydrogen-bond acceptors (Lipinski definition) is 3. The molecule has 116 valence electrons. The van der Waals surface area contributed by atoms with Gasteiger partial charge in [0.15, 0.2) is 0 Å². The Kier molecular flexibility index (Phi) is 4.53. The van der Waals surface area contributed by atoms with E-state index < -0.39 is 0 Å². The van der Waals surface area contributed by atoms with Crippen LogP contribution in [0.4, 0.5) is 11.4 Å². The van der Waals surface area contributed by atoms with E-state index in [-0.39, 0.29) is 11.2 Å². The van der Waals surface area contributed by atoms with Crippen LogP contribution in [0.25, 0.3) is 10.8 Å². The van der Waals surface area contributed by atoms with Gasteiger partial charge in [0.25, 0.3) is 0 Å². The van der Waals surface area contributed by atoms with E-state index in [4.69, 9.17) is 5.73 Å². The summed E-state index contributed by atoms with van der Waals surface area (Å²) in [6, 6.07) is 21.6. The lowest BCUT2D eigenvalue weighted by Gasteiger charge is -2.13. The average molecular weight is 322 g/mol. The zero-order valence-electron chi connectivity index (χ0n) is 12.8. The van der Waals surface area contributed by atoms with Crippen molar-refractivity contribution in [3.63, 3.8) is 0 Å². The second-order valence-electron chi connectivity index (χ2n) is 5.38. The van der Waals surface area contributed by atoms with Crippen LogP contribution in [0.5, 0.6) is 0 Å². The minimum Gasteiger partial charge on any atom is -0.399 e. The van der Waals surface area contributed by atoms with Gasteiger partial charge in [-0.2, -0.15) is 0 Å². The van der Waals surface area contributed by atoms with Gasteiger partial charge in [-0.1, -0.05) is 36.4 Å². The predicted molar refractivity (Wildman–Crippen MR) is 98.8 cm³/mol. The topological polar surface area (TPSA) is 55.1 Å². The number of nitrogen functional groups attached to an aromatic ring is 1. The van der Waals surface area contributed by atoms with Gasteiger partial charge in [-0.15, -0.1) is 11.8 Å². The van der Waals surface area contributed by atoms with Crippen molar-refractivity contribution in [2.24, 2.45) is 0 Å². The molecule has 0 heterocycles. The first-order chi connectivity index (χ1) is 11.1. The SMILES string of the molecule is CC(Sc1cccc(N)c1)C(=O)Nc1ccc2ccccc2c1. The molecule has 0 saturated heterocycles. The second kappa shape index (κ2) is 6.75. The van der Waals surface area contributed by atoms with Crippen molar-refractivity contribution in [3.8, 4) is 0 Å². The molecule has 3 N–H and O–H groups in total. The van der Waals surface area contributed by atoms with Crippen LogP contribution < -0.4 is 11.1 Å². The van der Waals surface area contributed by atoms with Gasteiger partial charge in [0, 0.05) is 16.3 Å². The number of nitrogens with two attached hydrogens (primary N) is 1. The Morgan fingerprint density at radius 2 is 1.78 bits per heavy atom. The van der Waals surface area contributed by atoms with Crippen LogP contribution in [-0.4, -0.2) is 11.2 Å². The number of anilines is 2. The third-order valence-electron chi connectivity index (χ3n) is 3.56. The third-order valence-corrected chi connectivity index (χ3v) is 4.65. The fraction of sp³-hybridized carbons (Fsp3) is 0.105. The Hall–Kier alpha value is -2.46. The smallest absolute Gasteiger partial charge is 0.237 e. The quantitative estimate of drug-likeness (QED) is 0.547. The van der Waals surface area contributed by atoms with Crippen LogP contribution >= 0.6 is 11.8 Å². The van der Waals surface area contributed by atoms with Gasteiger partial charge in [-0.25, -0.2) is 0 Å². The molecule has 0 aliphatic heterocycles. The molecule has 4 heteroatoms. The lowest BCUT2D eigenvalue weighted by Crippen LogP contribution is -2.22. The lowest BCUT2D eigenvalue weighted by atomic mass is 10.1. The highest BCUT2D eigenvalue weighted by Crippen LogP contribution is 2.26. The van der Waals surface area contributed by atoms with E-state index >= 15 is 0 Å². The van der Waals surface area contributed by atoms with Crippen molar-refractivity contribution in [1.29, 1.82) is 0 Å². The molecule has 0 aliphatic rings. The van der Waals surface area contributed by atoms with Crippen molar-refractivity contribution in [1.82, 2.24) is 0 Å². The summed E-state index contributed by atoms with van der Waals surface area (Å²) < 4.78 is 0. The number of thioether (sulfide) groups is 1. The number of fused-ring (bicyclic) bond motifs is 1. The number of carbonyl (C=O) groups excluding carboxylic acids is 1. The van der Waals surface area contributed by atoms with Crippen LogP contribution in [0.2, 0.25) is 0 Å². The fourth-order valence-corrected chi connectivity index (χ4v) is 3.29. The van der Waals surface area contributed by atoms with Crippen LogP contribution in [0.15, 0.2) is 71.6 Å². The van der Waals surface area contributed by atoms with Crippen LogP contribution in [0.1, 0.15) is 6.92 Å². The van der Waals surface area contributed by atoms with E-state index in [0.29, 0.717) is 5.69 Å². The normalized spacial score (nSPS) is 12.0. The summed E-state index contributed by atoms with van der Waals surface area (Å²) in [4.78, 5) is 13.4. The molecule has 0 saturated carbocycles. The maximum absolute atomic E-state index is 12.4. The van der Waals surface area contributed by atoms with Gasteiger partial charge in [-0.3, -0.25) is 4.79 Å². The molecule has 0 aliphatic carbocycles. The zero-order valence-corrected chi connectivity index (χ0v) is 13.6. The first-order valence-corrected chi connectivity index (χ1v) is 8.32. The Balaban J connectivity index is 1.69. The molecule has 1 amide bonds. The number of amides is 1. The van der Waals surface area contributed by atoms with Crippen molar-refractivity contribution < 1.29 is 4.79 Å². The minimum absolute atomic E-state index is 0.0206. The maximum Gasteiger partial charge on any atom is 0.237 e. The largest absolute Gasteiger partial charge is 0.399 e. The van der Waals surface area contributed by atoms with Crippen molar-refractivity contribution in [2.45, 2.75) is 17.1 Å². The highest BCUT2D eigenvalue weighted by atomic mass is 32.2. The van der Waals surface area contributed by atoms with Crippen LogP contribution in [0.3, 0.4) is 0 Å². The molecule has 23 heavy (non-hydrogen) atoms. The van der Waals surface area contributed by atoms with Crippen molar-refractivity contribution in [3.05, 3.63) is 66.7 Å². The van der Waals surface area contributed by atoms with Gasteiger partial charge < -0.3 is 11.1 Å². The summed E-state index contributed by atoms with van der Waals surface area (Å²) >= 11 is 1.50. The summed E-state index contributed by atoms with van der Waals surface area (Å²) in [7, 11) is 0. The highest BCUT2D eigenvalue weighted by Gasteiger charge is 2.14. The molecule has 3 nitrogen and oxygen atoms in total. The number of benzene rings is 3. The molecule has 0 aromatic heterocycles. The number of nitrogens with one attached hydrogen (secondary N) is 1. The summed E-state index contributed by atoms with van der Waals surface area (Å²) in [5, 5.41) is 5.04. The van der Waals surface area contributed by atoms with E-state index in [1.54, 1.807) is 0 Å². The van der Waals surface area contributed by atoms with Crippen molar-refractivity contribution >= 4 is 39.8 Å². The molecule has 0 fully saturated rings. The standard InChI is InChI=1S/C19H18N2OS/c1-13(23-18-8-4-7-16(20)12-18)19(22)21-17-10-9-14-5-2-3-6-15(14)11-17/h2-13H,20H2,1H3,(H,21,22). The van der Waals surface area contributed by atoms with Gasteiger partial charge in [0.2, 0.25) is 5.91 Å². The number of hydrogen-bond donors (Lipinski definition) is 2. The number of rotatable bonds is 4. The molecule has 3 aromatic rings. The molecule has 3 rings (SSSR count). The molecule has 0 radical (unpaired) electrons. The van der Waals surface area contributed by atoms with Gasteiger partial charge in [0.05, 0.1) is 5.25 Å². The predicted octanol–water partition coefficient (Wildman–Crippen LogP) is 4.54. The second-order valence-corrected chi connectivity index (χ2v) is 6.80. The number of carbonyl (C=O) groups is 1. The Labute approximate surface area is 139 Å². The fourth-order valence-electron chi connectivity index (χ4n) is 2.36. The minimum atomic E-state index is -0.205. The van der Waals surface area contributed by atoms with E-state index in [1.807, 2.05) is 67.6 Å². The summed E-state index contributed by atoms with van der Waals surface area (Å²) in [6.45, 7) is 1.89. The molecular weight excluding hydrogens is 304 g/mol. The van der Waals surface area contributed by atoms with E-state index in [9.17, 15) is 4.79 Å². The first kappa shape index (κ1) is 15.4. The summed E-state index contributed by atoms with van der Waals surface area (Å²) in [5.74, 6) is -0.0206. The molecule has 1 atom stereocenters. The summed E-state index contributed by atoms with van der Waals surface area (Å²) in [6.07, 6.45) is 0. The van der Waals surface area contributed by atoms with E-state index in [1.165, 1.54) is 11.8 Å². The highest BCUT2D eigenvalue weighted by molar-refractivity contribution is 8.00. The summed E-state index contributed by atoms with van der Waals surface area (Å²) in [5.41, 5.74) is 7.29. The first-order valence-electron chi connectivity index (χ1n) is 7.44. The molecule has 3 aromatic carbocycles. The van der Waals surface area contributed by atoms with Gasteiger partial charge in [0.1, 0.15) is 0 Å². The lowest BCUT2D eigenvalue weighted by molar-refractivity contribution is -0.115. The Bertz CT molecular complexity index is 847. The average Bonchev–Trinajstić information content (AvgIpc) is 2.54. The van der Waals surface area contributed by atoms with Crippen molar-refractivity contribution in [2.75, 3.05) is 11.1 Å².